The Morgan fingerprint density at radius 1 is 0.625 bits per heavy atom. The van der Waals surface area contributed by atoms with Crippen LogP contribution in [0.4, 0.5) is 28.6 Å². The molecular weight excluding hydrogens is 585 g/mol. The van der Waals surface area contributed by atoms with Crippen molar-refractivity contribution < 1.29 is 0 Å². The molecule has 1 aliphatic carbocycles. The van der Waals surface area contributed by atoms with E-state index in [0.717, 1.165) is 28.3 Å². The Kier molecular flexibility index (Phi) is 6.03. The van der Waals surface area contributed by atoms with Crippen molar-refractivity contribution >= 4 is 56.7 Å². The Balaban J connectivity index is 1.17. The van der Waals surface area contributed by atoms with Crippen LogP contribution in [-0.2, 0) is 0 Å². The Hall–Kier alpha value is -6.13. The number of rotatable bonds is 3. The van der Waals surface area contributed by atoms with Crippen molar-refractivity contribution in [3.05, 3.63) is 186 Å². The van der Waals surface area contributed by atoms with E-state index in [1.807, 2.05) is 6.20 Å². The van der Waals surface area contributed by atoms with Crippen molar-refractivity contribution in [2.45, 2.75) is 12.1 Å². The van der Waals surface area contributed by atoms with Crippen LogP contribution in [0.5, 0.6) is 0 Å². The second kappa shape index (κ2) is 10.7. The fourth-order valence-electron chi connectivity index (χ4n) is 8.01. The molecule has 4 aliphatic rings. The zero-order valence-electron chi connectivity index (χ0n) is 26.2. The quantitative estimate of drug-likeness (QED) is 0.214. The van der Waals surface area contributed by atoms with Crippen LogP contribution in [0.3, 0.4) is 0 Å². The fraction of sp³-hybridized carbons (Fsp3) is 0.0682. The van der Waals surface area contributed by atoms with Gasteiger partial charge in [-0.25, -0.2) is 4.98 Å². The summed E-state index contributed by atoms with van der Waals surface area (Å²) in [5.41, 5.74) is 12.1. The van der Waals surface area contributed by atoms with Gasteiger partial charge in [0.25, 0.3) is 0 Å². The molecule has 0 saturated heterocycles. The molecule has 0 saturated carbocycles. The third kappa shape index (κ3) is 4.12. The highest BCUT2D eigenvalue weighted by atomic mass is 15.3. The van der Waals surface area contributed by atoms with Gasteiger partial charge in [-0.15, -0.1) is 0 Å². The average Bonchev–Trinajstić information content (AvgIpc) is 3.43. The molecule has 0 fully saturated rings. The molecule has 0 amide bonds. The number of pyridine rings is 1. The second-order valence-corrected chi connectivity index (χ2v) is 12.8. The molecule has 3 aliphatic heterocycles. The highest BCUT2D eigenvalue weighted by molar-refractivity contribution is 6.11. The summed E-state index contributed by atoms with van der Waals surface area (Å²) in [5.74, 6) is 1.14. The minimum absolute atomic E-state index is 0.0786. The van der Waals surface area contributed by atoms with Crippen LogP contribution in [-0.4, -0.2) is 11.0 Å². The highest BCUT2D eigenvalue weighted by Crippen LogP contribution is 2.56. The lowest BCUT2D eigenvalue weighted by Crippen LogP contribution is -2.33. The summed E-state index contributed by atoms with van der Waals surface area (Å²) < 4.78 is 0. The SMILES string of the molecule is C1=CC2C3=C(c4ccccc4N(c4cccc(C5C=Cc6ccccc6N5)c4)c4ccccc43)N(c3cc4ccccc4cn3)C2C=C1. The lowest BCUT2D eigenvalue weighted by molar-refractivity contribution is 0.709. The van der Waals surface area contributed by atoms with Crippen molar-refractivity contribution in [1.82, 2.24) is 4.98 Å². The van der Waals surface area contributed by atoms with Gasteiger partial charge >= 0.3 is 0 Å². The van der Waals surface area contributed by atoms with Crippen molar-refractivity contribution in [1.29, 1.82) is 0 Å². The zero-order valence-corrected chi connectivity index (χ0v) is 26.2. The van der Waals surface area contributed by atoms with E-state index in [1.54, 1.807) is 0 Å². The van der Waals surface area contributed by atoms with E-state index in [0.29, 0.717) is 0 Å². The molecule has 4 nitrogen and oxygen atoms in total. The number of nitrogens with one attached hydrogen (secondary N) is 1. The highest BCUT2D eigenvalue weighted by Gasteiger charge is 2.44. The van der Waals surface area contributed by atoms with Gasteiger partial charge in [0.2, 0.25) is 0 Å². The van der Waals surface area contributed by atoms with Crippen molar-refractivity contribution in [3.63, 3.8) is 0 Å². The molecule has 228 valence electrons. The Morgan fingerprint density at radius 3 is 2.29 bits per heavy atom. The molecular formula is C44H32N4. The number of nitrogens with zero attached hydrogens (tertiary/aromatic N) is 3. The predicted octanol–water partition coefficient (Wildman–Crippen LogP) is 10.7. The molecule has 3 atom stereocenters. The summed E-state index contributed by atoms with van der Waals surface area (Å²) in [7, 11) is 0. The number of anilines is 5. The van der Waals surface area contributed by atoms with Crippen molar-refractivity contribution in [3.8, 4) is 0 Å². The number of aromatic nitrogens is 1. The molecule has 4 heterocycles. The van der Waals surface area contributed by atoms with Gasteiger partial charge in [0.05, 0.1) is 29.2 Å². The van der Waals surface area contributed by atoms with Crippen LogP contribution in [0.15, 0.2) is 164 Å². The van der Waals surface area contributed by atoms with E-state index >= 15 is 0 Å². The maximum atomic E-state index is 5.09. The van der Waals surface area contributed by atoms with E-state index in [9.17, 15) is 0 Å². The largest absolute Gasteiger partial charge is 0.374 e. The molecule has 6 aromatic rings. The topological polar surface area (TPSA) is 31.4 Å². The van der Waals surface area contributed by atoms with Gasteiger partial charge in [-0.05, 0) is 58.5 Å². The van der Waals surface area contributed by atoms with Gasteiger partial charge in [-0.1, -0.05) is 127 Å². The number of hydrogen-bond acceptors (Lipinski definition) is 4. The number of allylic oxidation sites excluding steroid dienone is 2. The minimum Gasteiger partial charge on any atom is -0.374 e. The third-order valence-electron chi connectivity index (χ3n) is 10.2. The smallest absolute Gasteiger partial charge is 0.134 e. The van der Waals surface area contributed by atoms with Gasteiger partial charge in [-0.3, -0.25) is 0 Å². The average molecular weight is 617 g/mol. The first-order valence-corrected chi connectivity index (χ1v) is 16.7. The summed E-state index contributed by atoms with van der Waals surface area (Å²) in [4.78, 5) is 10.0. The van der Waals surface area contributed by atoms with Gasteiger partial charge in [0.15, 0.2) is 0 Å². The number of hydrogen-bond donors (Lipinski definition) is 1. The van der Waals surface area contributed by atoms with Crippen LogP contribution in [0, 0.1) is 5.92 Å². The summed E-state index contributed by atoms with van der Waals surface area (Å²) in [5, 5.41) is 6.09. The van der Waals surface area contributed by atoms with Gasteiger partial charge in [0.1, 0.15) is 5.82 Å². The summed E-state index contributed by atoms with van der Waals surface area (Å²) in [6, 6.07) is 46.2. The normalized spacial score (nSPS) is 20.0. The van der Waals surface area contributed by atoms with E-state index in [2.05, 4.69) is 179 Å². The van der Waals surface area contributed by atoms with Crippen LogP contribution < -0.4 is 15.1 Å². The first-order valence-electron chi connectivity index (χ1n) is 16.7. The van der Waals surface area contributed by atoms with Crippen LogP contribution in [0.25, 0.3) is 28.1 Å². The van der Waals surface area contributed by atoms with Gasteiger partial charge in [0, 0.05) is 40.0 Å². The van der Waals surface area contributed by atoms with Gasteiger partial charge in [-0.2, -0.15) is 0 Å². The lowest BCUT2D eigenvalue weighted by Gasteiger charge is -2.34. The van der Waals surface area contributed by atoms with Crippen molar-refractivity contribution in [2.24, 2.45) is 5.92 Å². The zero-order chi connectivity index (χ0) is 31.6. The monoisotopic (exact) mass is 616 g/mol. The number of fused-ring (bicyclic) bond motifs is 8. The molecule has 5 aromatic carbocycles. The maximum Gasteiger partial charge on any atom is 0.134 e. The van der Waals surface area contributed by atoms with Crippen LogP contribution in [0.2, 0.25) is 0 Å². The maximum absolute atomic E-state index is 5.09. The summed E-state index contributed by atoms with van der Waals surface area (Å²) in [6.45, 7) is 0. The molecule has 0 radical (unpaired) electrons. The minimum atomic E-state index is 0.0786. The number of para-hydroxylation sites is 3. The molecule has 0 bridgehead atoms. The standard InChI is InChI=1S/C44H32N4/c1-2-14-32-28-45-42(27-30(32)13-1)48-40-22-9-5-18-35(40)43-34-17-4-8-21-39(34)47(41-23-10-6-19-36(41)44(43)48)33-16-11-15-31(26-33)38-25-24-29-12-3-7-20-37(29)46-38/h1-28,35,38,40,46H. The predicted molar refractivity (Wildman–Crippen MR) is 200 cm³/mol. The fourth-order valence-corrected chi connectivity index (χ4v) is 8.01. The van der Waals surface area contributed by atoms with E-state index in [1.165, 1.54) is 44.6 Å². The molecule has 1 aromatic heterocycles. The Bertz CT molecular complexity index is 2380. The first-order chi connectivity index (χ1) is 23.8. The molecule has 10 rings (SSSR count). The molecule has 1 N–H and O–H groups in total. The lowest BCUT2D eigenvalue weighted by atomic mass is 9.85. The third-order valence-corrected chi connectivity index (χ3v) is 10.2. The second-order valence-electron chi connectivity index (χ2n) is 12.8. The van der Waals surface area contributed by atoms with Gasteiger partial charge < -0.3 is 15.1 Å². The number of benzene rings is 5. The van der Waals surface area contributed by atoms with Crippen LogP contribution in [0.1, 0.15) is 28.3 Å². The van der Waals surface area contributed by atoms with Crippen LogP contribution >= 0.6 is 0 Å². The summed E-state index contributed by atoms with van der Waals surface area (Å²) >= 11 is 0. The molecule has 0 spiro atoms. The molecule has 4 heteroatoms. The van der Waals surface area contributed by atoms with E-state index in [-0.39, 0.29) is 18.0 Å². The van der Waals surface area contributed by atoms with E-state index < -0.39 is 0 Å². The summed E-state index contributed by atoms with van der Waals surface area (Å²) in [6.07, 6.45) is 15.6. The Labute approximate surface area is 280 Å². The first kappa shape index (κ1) is 27.0. The Morgan fingerprint density at radius 2 is 1.38 bits per heavy atom. The van der Waals surface area contributed by atoms with Crippen molar-refractivity contribution in [2.75, 3.05) is 15.1 Å². The van der Waals surface area contributed by atoms with E-state index in [4.69, 9.17) is 4.98 Å². The molecule has 3 unspecified atom stereocenters. The molecule has 48 heavy (non-hydrogen) atoms.